The zero-order valence-electron chi connectivity index (χ0n) is 7.47. The minimum absolute atomic E-state index is 1.03. The zero-order chi connectivity index (χ0) is 7.68. The molecule has 11 heavy (non-hydrogen) atoms. The van der Waals surface area contributed by atoms with Crippen molar-refractivity contribution in [3.05, 3.63) is 0 Å². The Hall–Kier alpha value is -0.0400. The third-order valence-electron chi connectivity index (χ3n) is 3.54. The molecule has 0 aliphatic heterocycles. The second-order valence-corrected chi connectivity index (χ2v) is 4.24. The van der Waals surface area contributed by atoms with E-state index in [4.69, 9.17) is 0 Å². The van der Waals surface area contributed by atoms with Gasteiger partial charge in [0, 0.05) is 0 Å². The van der Waals surface area contributed by atoms with Crippen molar-refractivity contribution in [1.82, 2.24) is 5.32 Å². The van der Waals surface area contributed by atoms with E-state index in [1.54, 1.807) is 12.8 Å². The number of fused-ring (bicyclic) bond motifs is 2. The highest BCUT2D eigenvalue weighted by Gasteiger charge is 2.39. The smallest absolute Gasteiger partial charge is 0.00180 e. The molecule has 0 aromatic carbocycles. The lowest BCUT2D eigenvalue weighted by atomic mass is 9.60. The first kappa shape index (κ1) is 7.60. The topological polar surface area (TPSA) is 12.0 Å². The molecule has 1 unspecified atom stereocenters. The van der Waals surface area contributed by atoms with Crippen molar-refractivity contribution < 1.29 is 0 Å². The van der Waals surface area contributed by atoms with E-state index >= 15 is 0 Å². The number of hydrogen-bond acceptors (Lipinski definition) is 1. The van der Waals surface area contributed by atoms with Crippen LogP contribution in [0.15, 0.2) is 0 Å². The van der Waals surface area contributed by atoms with Gasteiger partial charge in [0.2, 0.25) is 0 Å². The van der Waals surface area contributed by atoms with Crippen molar-refractivity contribution in [2.24, 2.45) is 17.8 Å². The molecule has 1 atom stereocenters. The first-order chi connectivity index (χ1) is 5.40. The molecule has 3 rings (SSSR count). The van der Waals surface area contributed by atoms with Crippen LogP contribution in [0.4, 0.5) is 0 Å². The van der Waals surface area contributed by atoms with E-state index in [-0.39, 0.29) is 0 Å². The summed E-state index contributed by atoms with van der Waals surface area (Å²) in [6, 6.07) is 0. The van der Waals surface area contributed by atoms with Crippen LogP contribution < -0.4 is 5.32 Å². The summed E-state index contributed by atoms with van der Waals surface area (Å²) in [6.45, 7) is 4.63. The van der Waals surface area contributed by atoms with Gasteiger partial charge in [-0.25, -0.2) is 0 Å². The summed E-state index contributed by atoms with van der Waals surface area (Å²) in [6.07, 6.45) is 6.13. The molecule has 3 aliphatic rings. The maximum atomic E-state index is 3.47. The fourth-order valence-corrected chi connectivity index (χ4v) is 2.69. The molecule has 0 radical (unpaired) electrons. The lowest BCUT2D eigenvalue weighted by molar-refractivity contribution is 0.0502. The molecule has 2 bridgehead atoms. The quantitative estimate of drug-likeness (QED) is 0.654. The molecule has 0 amide bonds. The van der Waals surface area contributed by atoms with E-state index in [0.29, 0.717) is 0 Å². The highest BCUT2D eigenvalue weighted by molar-refractivity contribution is 4.90. The van der Waals surface area contributed by atoms with Crippen molar-refractivity contribution in [3.63, 3.8) is 0 Å². The minimum atomic E-state index is 1.03. The van der Waals surface area contributed by atoms with Crippen LogP contribution in [-0.4, -0.2) is 13.1 Å². The van der Waals surface area contributed by atoms with Crippen molar-refractivity contribution in [2.75, 3.05) is 13.1 Å². The maximum Gasteiger partial charge on any atom is -0.00180 e. The fraction of sp³-hybridized carbons (Fsp3) is 1.00. The Morgan fingerprint density at radius 1 is 1.27 bits per heavy atom. The van der Waals surface area contributed by atoms with Crippen molar-refractivity contribution in [1.29, 1.82) is 0 Å². The van der Waals surface area contributed by atoms with Gasteiger partial charge in [-0.3, -0.25) is 0 Å². The summed E-state index contributed by atoms with van der Waals surface area (Å²) < 4.78 is 0. The molecule has 1 N–H and O–H groups in total. The van der Waals surface area contributed by atoms with Crippen molar-refractivity contribution in [3.8, 4) is 0 Å². The van der Waals surface area contributed by atoms with Gasteiger partial charge in [-0.2, -0.15) is 0 Å². The Kier molecular flexibility index (Phi) is 2.17. The summed E-state index contributed by atoms with van der Waals surface area (Å²) in [5, 5.41) is 3.47. The molecule has 3 fully saturated rings. The van der Waals surface area contributed by atoms with Crippen LogP contribution in [0.1, 0.15) is 32.6 Å². The zero-order valence-corrected chi connectivity index (χ0v) is 7.47. The predicted octanol–water partition coefficient (Wildman–Crippen LogP) is 2.03. The molecular weight excluding hydrogens is 134 g/mol. The van der Waals surface area contributed by atoms with Gasteiger partial charge in [-0.05, 0) is 50.1 Å². The highest BCUT2D eigenvalue weighted by Crippen LogP contribution is 2.48. The normalized spacial score (nSPS) is 41.7. The molecule has 3 aliphatic carbocycles. The Labute approximate surface area is 69.6 Å². The fourth-order valence-electron chi connectivity index (χ4n) is 2.69. The summed E-state index contributed by atoms with van der Waals surface area (Å²) in [4.78, 5) is 0. The number of nitrogens with one attached hydrogen (secondary N) is 1. The van der Waals surface area contributed by atoms with Gasteiger partial charge in [0.05, 0.1) is 0 Å². The van der Waals surface area contributed by atoms with E-state index in [2.05, 4.69) is 12.2 Å². The van der Waals surface area contributed by atoms with E-state index in [9.17, 15) is 0 Å². The average molecular weight is 153 g/mol. The third kappa shape index (κ3) is 1.44. The van der Waals surface area contributed by atoms with Crippen LogP contribution >= 0.6 is 0 Å². The Morgan fingerprint density at radius 2 is 2.09 bits per heavy atom. The van der Waals surface area contributed by atoms with Gasteiger partial charge in [0.15, 0.2) is 0 Å². The molecule has 0 spiro atoms. The lowest BCUT2D eigenvalue weighted by Gasteiger charge is -2.46. The van der Waals surface area contributed by atoms with Gasteiger partial charge >= 0.3 is 0 Å². The van der Waals surface area contributed by atoms with Gasteiger partial charge < -0.3 is 5.32 Å². The molecule has 0 saturated heterocycles. The molecule has 0 aromatic heterocycles. The maximum absolute atomic E-state index is 3.47. The first-order valence-corrected chi connectivity index (χ1v) is 5.11. The molecule has 0 aromatic rings. The summed E-state index contributed by atoms with van der Waals surface area (Å²) in [5.41, 5.74) is 0. The number of hydrogen-bond donors (Lipinski definition) is 1. The van der Waals surface area contributed by atoms with Gasteiger partial charge in [0.25, 0.3) is 0 Å². The molecule has 0 heterocycles. The number of rotatable bonds is 3. The monoisotopic (exact) mass is 153 g/mol. The van der Waals surface area contributed by atoms with Crippen LogP contribution in [0.5, 0.6) is 0 Å². The molecule has 1 heteroatoms. The Balaban J connectivity index is 1.75. The van der Waals surface area contributed by atoms with Crippen LogP contribution in [0.25, 0.3) is 0 Å². The molecular formula is C10H19N. The first-order valence-electron chi connectivity index (χ1n) is 5.11. The largest absolute Gasteiger partial charge is 0.317 e. The van der Waals surface area contributed by atoms with Gasteiger partial charge in [-0.1, -0.05) is 13.3 Å². The van der Waals surface area contributed by atoms with Crippen LogP contribution in [0.2, 0.25) is 0 Å². The van der Waals surface area contributed by atoms with E-state index in [1.807, 2.05) is 0 Å². The summed E-state index contributed by atoms with van der Waals surface area (Å²) >= 11 is 0. The standard InChI is InChI=1S/C10H19N/c1-2-11-7-9-4-3-8-5-10(9)6-8/h8-11H,2-7H2,1H3. The second-order valence-electron chi connectivity index (χ2n) is 4.24. The summed E-state index contributed by atoms with van der Waals surface area (Å²) in [7, 11) is 0. The van der Waals surface area contributed by atoms with Crippen molar-refractivity contribution >= 4 is 0 Å². The van der Waals surface area contributed by atoms with Crippen LogP contribution in [0, 0.1) is 17.8 Å². The molecule has 3 saturated carbocycles. The minimum Gasteiger partial charge on any atom is -0.317 e. The second kappa shape index (κ2) is 3.14. The predicted molar refractivity (Wildman–Crippen MR) is 47.5 cm³/mol. The average Bonchev–Trinajstić information content (AvgIpc) is 2.00. The van der Waals surface area contributed by atoms with Crippen LogP contribution in [0.3, 0.4) is 0 Å². The Morgan fingerprint density at radius 3 is 2.64 bits per heavy atom. The highest BCUT2D eigenvalue weighted by atomic mass is 14.8. The summed E-state index contributed by atoms with van der Waals surface area (Å²) in [5.74, 6) is 3.27. The van der Waals surface area contributed by atoms with E-state index in [0.717, 1.165) is 24.3 Å². The van der Waals surface area contributed by atoms with Gasteiger partial charge in [-0.15, -0.1) is 0 Å². The van der Waals surface area contributed by atoms with Crippen molar-refractivity contribution in [2.45, 2.75) is 32.6 Å². The van der Waals surface area contributed by atoms with Crippen LogP contribution in [-0.2, 0) is 0 Å². The SMILES string of the molecule is CCNCC1CCC2CC1C2. The molecule has 64 valence electrons. The molecule has 1 nitrogen and oxygen atoms in total. The van der Waals surface area contributed by atoms with Gasteiger partial charge in [0.1, 0.15) is 0 Å². The van der Waals surface area contributed by atoms with E-state index in [1.165, 1.54) is 19.4 Å². The Bertz CT molecular complexity index is 124. The lowest BCUT2D eigenvalue weighted by Crippen LogP contribution is -2.40. The van der Waals surface area contributed by atoms with E-state index < -0.39 is 0 Å². The third-order valence-corrected chi connectivity index (χ3v) is 3.54.